The van der Waals surface area contributed by atoms with Crippen molar-refractivity contribution < 1.29 is 4.52 Å². The fraction of sp³-hybridized carbons (Fsp3) is 0.385. The summed E-state index contributed by atoms with van der Waals surface area (Å²) < 4.78 is 5.23. The van der Waals surface area contributed by atoms with Crippen LogP contribution in [0.15, 0.2) is 27.6 Å². The smallest absolute Gasteiger partial charge is 0.237 e. The van der Waals surface area contributed by atoms with E-state index in [4.69, 9.17) is 21.9 Å². The van der Waals surface area contributed by atoms with Crippen molar-refractivity contribution >= 4 is 29.1 Å². The summed E-state index contributed by atoms with van der Waals surface area (Å²) in [7, 11) is 0. The molecule has 1 aromatic carbocycles. The van der Waals surface area contributed by atoms with Crippen LogP contribution in [0.4, 0.5) is 5.69 Å². The number of hydrogen-bond donors (Lipinski definition) is 1. The zero-order valence-electron chi connectivity index (χ0n) is 11.1. The molecule has 1 aromatic heterocycles. The van der Waals surface area contributed by atoms with Crippen molar-refractivity contribution in [1.82, 2.24) is 10.1 Å². The van der Waals surface area contributed by atoms with Gasteiger partial charge in [0.15, 0.2) is 5.82 Å². The van der Waals surface area contributed by atoms with Gasteiger partial charge in [-0.2, -0.15) is 4.98 Å². The van der Waals surface area contributed by atoms with Gasteiger partial charge in [0, 0.05) is 21.0 Å². The Labute approximate surface area is 121 Å². The second-order valence-electron chi connectivity index (χ2n) is 5.23. The molecule has 2 N–H and O–H groups in total. The summed E-state index contributed by atoms with van der Waals surface area (Å²) in [6.45, 7) is 6.14. The van der Waals surface area contributed by atoms with Crippen LogP contribution in [0, 0.1) is 0 Å². The molecule has 0 radical (unpaired) electrons. The number of thioether (sulfide) groups is 1. The predicted molar refractivity (Wildman–Crippen MR) is 78.4 cm³/mol. The fourth-order valence-electron chi connectivity index (χ4n) is 1.39. The number of benzene rings is 1. The Balaban J connectivity index is 2.06. The monoisotopic (exact) mass is 297 g/mol. The van der Waals surface area contributed by atoms with E-state index in [-0.39, 0.29) is 5.41 Å². The van der Waals surface area contributed by atoms with E-state index >= 15 is 0 Å². The van der Waals surface area contributed by atoms with Gasteiger partial charge < -0.3 is 10.3 Å². The van der Waals surface area contributed by atoms with Crippen LogP contribution in [-0.4, -0.2) is 10.1 Å². The number of nitrogen functional groups attached to an aromatic ring is 1. The van der Waals surface area contributed by atoms with Gasteiger partial charge in [-0.15, -0.1) is 11.8 Å². The highest BCUT2D eigenvalue weighted by Crippen LogP contribution is 2.30. The molecule has 2 rings (SSSR count). The van der Waals surface area contributed by atoms with Crippen LogP contribution < -0.4 is 5.73 Å². The van der Waals surface area contributed by atoms with E-state index in [1.165, 1.54) is 11.8 Å². The standard InChI is InChI=1S/C13H16ClN3OS/c1-13(2,3)12-16-11(18-17-12)7-19-10-6-8(14)4-5-9(10)15/h4-6H,7,15H2,1-3H3. The van der Waals surface area contributed by atoms with Crippen LogP contribution in [0.2, 0.25) is 5.02 Å². The molecule has 0 atom stereocenters. The minimum atomic E-state index is -0.110. The second kappa shape index (κ2) is 5.43. The van der Waals surface area contributed by atoms with Gasteiger partial charge in [-0.3, -0.25) is 0 Å². The lowest BCUT2D eigenvalue weighted by Gasteiger charge is -2.10. The highest BCUT2D eigenvalue weighted by Gasteiger charge is 2.20. The van der Waals surface area contributed by atoms with Crippen LogP contribution in [-0.2, 0) is 11.2 Å². The van der Waals surface area contributed by atoms with Gasteiger partial charge in [-0.25, -0.2) is 0 Å². The normalized spacial score (nSPS) is 11.8. The van der Waals surface area contributed by atoms with Gasteiger partial charge in [0.1, 0.15) is 0 Å². The minimum absolute atomic E-state index is 0.110. The molecule has 0 saturated carbocycles. The van der Waals surface area contributed by atoms with Crippen LogP contribution in [0.3, 0.4) is 0 Å². The largest absolute Gasteiger partial charge is 0.398 e. The minimum Gasteiger partial charge on any atom is -0.398 e. The summed E-state index contributed by atoms with van der Waals surface area (Å²) >= 11 is 7.47. The Morgan fingerprint density at radius 1 is 1.37 bits per heavy atom. The maximum atomic E-state index is 5.94. The first kappa shape index (κ1) is 14.2. The Morgan fingerprint density at radius 3 is 2.74 bits per heavy atom. The average molecular weight is 298 g/mol. The first-order valence-corrected chi connectivity index (χ1v) is 7.23. The number of nitrogens with two attached hydrogens (primary N) is 1. The van der Waals surface area contributed by atoms with Gasteiger partial charge in [0.05, 0.1) is 5.75 Å². The zero-order chi connectivity index (χ0) is 14.0. The van der Waals surface area contributed by atoms with Crippen LogP contribution >= 0.6 is 23.4 Å². The summed E-state index contributed by atoms with van der Waals surface area (Å²) in [5.41, 5.74) is 6.47. The van der Waals surface area contributed by atoms with Crippen molar-refractivity contribution in [2.24, 2.45) is 0 Å². The van der Waals surface area contributed by atoms with E-state index in [9.17, 15) is 0 Å². The molecule has 0 bridgehead atoms. The van der Waals surface area contributed by atoms with Gasteiger partial charge >= 0.3 is 0 Å². The molecule has 1 heterocycles. The molecule has 0 fully saturated rings. The number of aromatic nitrogens is 2. The number of nitrogens with zero attached hydrogens (tertiary/aromatic N) is 2. The topological polar surface area (TPSA) is 64.9 Å². The molecule has 19 heavy (non-hydrogen) atoms. The van der Waals surface area contributed by atoms with Crippen molar-refractivity contribution in [3.8, 4) is 0 Å². The lowest BCUT2D eigenvalue weighted by atomic mass is 9.96. The highest BCUT2D eigenvalue weighted by atomic mass is 35.5. The third-order valence-electron chi connectivity index (χ3n) is 2.47. The SMILES string of the molecule is CC(C)(C)c1noc(CSc2cc(Cl)ccc2N)n1. The number of halogens is 1. The van der Waals surface area contributed by atoms with Gasteiger partial charge in [0.25, 0.3) is 0 Å². The van der Waals surface area contributed by atoms with Crippen molar-refractivity contribution in [2.75, 3.05) is 5.73 Å². The number of hydrogen-bond acceptors (Lipinski definition) is 5. The van der Waals surface area contributed by atoms with E-state index in [0.29, 0.717) is 28.2 Å². The molecule has 0 aliphatic carbocycles. The Bertz CT molecular complexity index is 578. The van der Waals surface area contributed by atoms with Crippen molar-refractivity contribution in [2.45, 2.75) is 36.8 Å². The molecule has 6 heteroatoms. The first-order chi connectivity index (χ1) is 8.86. The Morgan fingerprint density at radius 2 is 2.11 bits per heavy atom. The van der Waals surface area contributed by atoms with Crippen LogP contribution in [0.1, 0.15) is 32.5 Å². The Kier molecular flexibility index (Phi) is 4.06. The quantitative estimate of drug-likeness (QED) is 0.687. The average Bonchev–Trinajstić information content (AvgIpc) is 2.79. The van der Waals surface area contributed by atoms with Crippen molar-refractivity contribution in [3.05, 3.63) is 34.9 Å². The summed E-state index contributed by atoms with van der Waals surface area (Å²) in [5.74, 6) is 1.88. The Hall–Kier alpha value is -1.20. The van der Waals surface area contributed by atoms with Crippen LogP contribution in [0.5, 0.6) is 0 Å². The molecule has 102 valence electrons. The molecular formula is C13H16ClN3OS. The third-order valence-corrected chi connectivity index (χ3v) is 3.76. The molecule has 0 amide bonds. The van der Waals surface area contributed by atoms with E-state index < -0.39 is 0 Å². The summed E-state index contributed by atoms with van der Waals surface area (Å²) in [5, 5.41) is 4.65. The summed E-state index contributed by atoms with van der Waals surface area (Å²) in [6.07, 6.45) is 0. The molecule has 2 aromatic rings. The third kappa shape index (κ3) is 3.64. The number of anilines is 1. The van der Waals surface area contributed by atoms with Crippen molar-refractivity contribution in [3.63, 3.8) is 0 Å². The van der Waals surface area contributed by atoms with Gasteiger partial charge in [-0.05, 0) is 18.2 Å². The molecular weight excluding hydrogens is 282 g/mol. The zero-order valence-corrected chi connectivity index (χ0v) is 12.7. The van der Waals surface area contributed by atoms with Crippen LogP contribution in [0.25, 0.3) is 0 Å². The summed E-state index contributed by atoms with van der Waals surface area (Å²) in [4.78, 5) is 5.30. The van der Waals surface area contributed by atoms with E-state index in [0.717, 1.165) is 4.90 Å². The molecule has 0 aliphatic rings. The number of rotatable bonds is 3. The maximum Gasteiger partial charge on any atom is 0.237 e. The van der Waals surface area contributed by atoms with Gasteiger partial charge in [-0.1, -0.05) is 37.5 Å². The predicted octanol–water partition coefficient (Wildman–Crippen LogP) is 3.90. The van der Waals surface area contributed by atoms with E-state index in [1.54, 1.807) is 12.1 Å². The molecule has 0 spiro atoms. The lowest BCUT2D eigenvalue weighted by molar-refractivity contribution is 0.373. The van der Waals surface area contributed by atoms with E-state index in [1.807, 2.05) is 26.8 Å². The molecule has 4 nitrogen and oxygen atoms in total. The molecule has 0 aliphatic heterocycles. The maximum absolute atomic E-state index is 5.94. The molecule has 0 saturated heterocycles. The fourth-order valence-corrected chi connectivity index (χ4v) is 2.47. The summed E-state index contributed by atoms with van der Waals surface area (Å²) in [6, 6.07) is 5.40. The molecule has 0 unspecified atom stereocenters. The highest BCUT2D eigenvalue weighted by molar-refractivity contribution is 7.98. The van der Waals surface area contributed by atoms with Crippen molar-refractivity contribution in [1.29, 1.82) is 0 Å². The lowest BCUT2D eigenvalue weighted by Crippen LogP contribution is -2.13. The van der Waals surface area contributed by atoms with Gasteiger partial charge in [0.2, 0.25) is 5.89 Å². The van der Waals surface area contributed by atoms with E-state index in [2.05, 4.69) is 10.1 Å². The first-order valence-electron chi connectivity index (χ1n) is 5.87. The second-order valence-corrected chi connectivity index (χ2v) is 6.69.